The summed E-state index contributed by atoms with van der Waals surface area (Å²) < 4.78 is 0.589. The van der Waals surface area contributed by atoms with Crippen LogP contribution in [0.25, 0.3) is 0 Å². The van der Waals surface area contributed by atoms with E-state index in [9.17, 15) is 0 Å². The van der Waals surface area contributed by atoms with Crippen LogP contribution < -0.4 is 0 Å². The fraction of sp³-hybridized carbons (Fsp3) is 0.538. The predicted molar refractivity (Wildman–Crippen MR) is 83.7 cm³/mol. The van der Waals surface area contributed by atoms with Crippen LogP contribution in [0.4, 0.5) is 0 Å². The molecule has 1 aromatic rings. The molecule has 1 unspecified atom stereocenters. The molecule has 0 aliphatic carbocycles. The Morgan fingerprint density at radius 1 is 1.06 bits per heavy atom. The second-order valence-corrected chi connectivity index (χ2v) is 24.9. The Labute approximate surface area is 110 Å². The SMILES string of the molecule is Cc1cccc(C(Br)[Si](C)(C)[Si](C)(C)C)c1. The molecule has 0 saturated carbocycles. The van der Waals surface area contributed by atoms with Gasteiger partial charge in [0.05, 0.1) is 7.59 Å². The van der Waals surface area contributed by atoms with Crippen molar-refractivity contribution in [2.75, 3.05) is 0 Å². The average molecular weight is 315 g/mol. The second kappa shape index (κ2) is 4.79. The van der Waals surface area contributed by atoms with Crippen LogP contribution in [0, 0.1) is 6.92 Å². The van der Waals surface area contributed by atoms with Crippen molar-refractivity contribution in [1.29, 1.82) is 0 Å². The number of halogens is 1. The first-order valence-corrected chi connectivity index (χ1v) is 14.4. The van der Waals surface area contributed by atoms with E-state index in [0.29, 0.717) is 4.45 Å². The molecule has 0 aliphatic rings. The molecule has 0 amide bonds. The van der Waals surface area contributed by atoms with Gasteiger partial charge in [-0.2, -0.15) is 0 Å². The van der Waals surface area contributed by atoms with Crippen molar-refractivity contribution in [3.63, 3.8) is 0 Å². The first kappa shape index (κ1) is 14.2. The van der Waals surface area contributed by atoms with Gasteiger partial charge < -0.3 is 0 Å². The summed E-state index contributed by atoms with van der Waals surface area (Å²) in [7, 11) is -2.27. The van der Waals surface area contributed by atoms with Gasteiger partial charge in [0, 0.05) is 12.0 Å². The highest BCUT2D eigenvalue weighted by molar-refractivity contribution is 9.10. The molecule has 0 spiro atoms. The van der Waals surface area contributed by atoms with Crippen molar-refractivity contribution >= 4 is 31.1 Å². The smallest absolute Gasteiger partial charge is 0.0619 e. The normalized spacial score (nSPS) is 14.9. The summed E-state index contributed by atoms with van der Waals surface area (Å²) in [4.78, 5) is 0. The Morgan fingerprint density at radius 2 is 1.62 bits per heavy atom. The van der Waals surface area contributed by atoms with E-state index >= 15 is 0 Å². The van der Waals surface area contributed by atoms with Crippen LogP contribution in [0.3, 0.4) is 0 Å². The predicted octanol–water partition coefficient (Wildman–Crippen LogP) is 5.10. The first-order valence-electron chi connectivity index (χ1n) is 5.87. The zero-order chi connectivity index (χ0) is 12.6. The van der Waals surface area contributed by atoms with Gasteiger partial charge in [-0.1, -0.05) is 78.5 Å². The summed E-state index contributed by atoms with van der Waals surface area (Å²) in [5.74, 6) is 0. The van der Waals surface area contributed by atoms with Crippen LogP contribution >= 0.6 is 15.9 Å². The maximum Gasteiger partial charge on any atom is 0.0619 e. The van der Waals surface area contributed by atoms with Crippen LogP contribution in [0.2, 0.25) is 32.7 Å². The minimum absolute atomic E-state index is 0.589. The van der Waals surface area contributed by atoms with Gasteiger partial charge >= 0.3 is 0 Å². The maximum absolute atomic E-state index is 3.97. The molecule has 0 saturated heterocycles. The third kappa shape index (κ3) is 2.87. The quantitative estimate of drug-likeness (QED) is 0.538. The topological polar surface area (TPSA) is 0 Å². The number of aryl methyl sites for hydroxylation is 1. The van der Waals surface area contributed by atoms with Gasteiger partial charge in [-0.25, -0.2) is 0 Å². The van der Waals surface area contributed by atoms with Gasteiger partial charge in [0.25, 0.3) is 0 Å². The minimum atomic E-state index is -1.22. The molecule has 0 aliphatic heterocycles. The number of hydrogen-bond donors (Lipinski definition) is 0. The second-order valence-electron chi connectivity index (χ2n) is 6.25. The molecule has 1 rings (SSSR count). The lowest BCUT2D eigenvalue weighted by Crippen LogP contribution is -2.55. The fourth-order valence-electron chi connectivity index (χ4n) is 1.62. The zero-order valence-corrected chi connectivity index (χ0v) is 14.9. The van der Waals surface area contributed by atoms with E-state index in [4.69, 9.17) is 0 Å². The third-order valence-corrected chi connectivity index (χ3v) is 27.1. The van der Waals surface area contributed by atoms with Crippen LogP contribution in [0.5, 0.6) is 0 Å². The van der Waals surface area contributed by atoms with Crippen LogP contribution in [0.1, 0.15) is 15.6 Å². The van der Waals surface area contributed by atoms with Crippen LogP contribution in [-0.4, -0.2) is 15.2 Å². The summed E-state index contributed by atoms with van der Waals surface area (Å²) in [6.07, 6.45) is 0. The van der Waals surface area contributed by atoms with Crippen LogP contribution in [0.15, 0.2) is 24.3 Å². The molecular formula is C13H23BrSi2. The van der Waals surface area contributed by atoms with E-state index in [2.05, 4.69) is 79.9 Å². The van der Waals surface area contributed by atoms with E-state index in [1.165, 1.54) is 11.1 Å². The van der Waals surface area contributed by atoms with E-state index in [1.807, 2.05) is 0 Å². The van der Waals surface area contributed by atoms with Gasteiger partial charge in [0.15, 0.2) is 0 Å². The molecule has 0 bridgehead atoms. The van der Waals surface area contributed by atoms with E-state index in [-0.39, 0.29) is 0 Å². The lowest BCUT2D eigenvalue weighted by Gasteiger charge is -2.39. The van der Waals surface area contributed by atoms with Crippen molar-refractivity contribution in [2.45, 2.75) is 44.1 Å². The Morgan fingerprint density at radius 3 is 2.06 bits per heavy atom. The Hall–Kier alpha value is 0.134. The largest absolute Gasteiger partial charge is 0.0877 e. The summed E-state index contributed by atoms with van der Waals surface area (Å²) in [5, 5.41) is 0. The van der Waals surface area contributed by atoms with Gasteiger partial charge in [-0.05, 0) is 12.5 Å². The molecule has 1 atom stereocenters. The van der Waals surface area contributed by atoms with Crippen molar-refractivity contribution in [1.82, 2.24) is 0 Å². The molecule has 0 nitrogen and oxygen atoms in total. The molecular weight excluding hydrogens is 292 g/mol. The van der Waals surface area contributed by atoms with Gasteiger partial charge in [-0.3, -0.25) is 0 Å². The molecule has 0 N–H and O–H groups in total. The fourth-order valence-corrected chi connectivity index (χ4v) is 12.6. The highest BCUT2D eigenvalue weighted by Crippen LogP contribution is 2.38. The number of alkyl halides is 1. The Balaban J connectivity index is 3.07. The molecule has 90 valence electrons. The van der Waals surface area contributed by atoms with Crippen molar-refractivity contribution in [3.05, 3.63) is 35.4 Å². The molecule has 1 aromatic carbocycles. The molecule has 0 radical (unpaired) electrons. The summed E-state index contributed by atoms with van der Waals surface area (Å²) >= 11 is 3.97. The lowest BCUT2D eigenvalue weighted by molar-refractivity contribution is 1.28. The number of hydrogen-bond acceptors (Lipinski definition) is 0. The van der Waals surface area contributed by atoms with Gasteiger partial charge in [0.2, 0.25) is 0 Å². The van der Waals surface area contributed by atoms with E-state index in [0.717, 1.165) is 0 Å². The molecule has 3 heteroatoms. The van der Waals surface area contributed by atoms with Crippen molar-refractivity contribution < 1.29 is 0 Å². The minimum Gasteiger partial charge on any atom is -0.0877 e. The highest BCUT2D eigenvalue weighted by Gasteiger charge is 2.42. The maximum atomic E-state index is 3.97. The monoisotopic (exact) mass is 314 g/mol. The summed E-state index contributed by atoms with van der Waals surface area (Å²) in [5.41, 5.74) is 2.83. The molecule has 0 fully saturated rings. The van der Waals surface area contributed by atoms with Gasteiger partial charge in [0.1, 0.15) is 0 Å². The first-order chi connectivity index (χ1) is 7.16. The third-order valence-electron chi connectivity index (χ3n) is 3.90. The van der Waals surface area contributed by atoms with Gasteiger partial charge in [-0.15, -0.1) is 0 Å². The number of benzene rings is 1. The molecule has 0 heterocycles. The lowest BCUT2D eigenvalue weighted by atomic mass is 10.2. The van der Waals surface area contributed by atoms with Crippen LogP contribution in [-0.2, 0) is 0 Å². The Kier molecular flexibility index (Phi) is 4.25. The zero-order valence-electron chi connectivity index (χ0n) is 11.3. The Bertz CT molecular complexity index is 366. The van der Waals surface area contributed by atoms with E-state index < -0.39 is 15.2 Å². The molecule has 16 heavy (non-hydrogen) atoms. The number of rotatable bonds is 3. The van der Waals surface area contributed by atoms with Crippen molar-refractivity contribution in [3.8, 4) is 0 Å². The standard InChI is InChI=1S/C13H23BrSi2/c1-11-8-7-9-12(10-11)13(14)16(5,6)15(2,3)4/h7-10,13H,1-6H3. The van der Waals surface area contributed by atoms with E-state index in [1.54, 1.807) is 0 Å². The highest BCUT2D eigenvalue weighted by atomic mass is 79.9. The molecule has 0 aromatic heterocycles. The summed E-state index contributed by atoms with van der Waals surface area (Å²) in [6.45, 7) is 14.7. The average Bonchev–Trinajstić information content (AvgIpc) is 2.14. The summed E-state index contributed by atoms with van der Waals surface area (Å²) in [6, 6.07) is 8.94. The van der Waals surface area contributed by atoms with Crippen molar-refractivity contribution in [2.24, 2.45) is 0 Å².